The number of nitrogens with one attached hydrogen (secondary N) is 2. The van der Waals surface area contributed by atoms with Crippen molar-refractivity contribution in [3.63, 3.8) is 0 Å². The van der Waals surface area contributed by atoms with Crippen molar-refractivity contribution >= 4 is 44.2 Å². The molecule has 3 aromatic carbocycles. The van der Waals surface area contributed by atoms with Crippen molar-refractivity contribution in [3.05, 3.63) is 78.1 Å². The number of hydrogen-bond donors (Lipinski definition) is 2. The number of rotatable bonds is 9. The lowest BCUT2D eigenvalue weighted by atomic mass is 10.2. The molecule has 0 atom stereocenters. The molecule has 11 heteroatoms. The number of nitrogens with zero attached hydrogens (tertiary/aromatic N) is 2. The summed E-state index contributed by atoms with van der Waals surface area (Å²) in [7, 11) is 3.09. The Bertz CT molecular complexity index is 1640. The second-order valence-corrected chi connectivity index (χ2v) is 9.34. The Morgan fingerprint density at radius 2 is 1.74 bits per heavy atom. The zero-order valence-corrected chi connectivity index (χ0v) is 22.3. The number of fused-ring (bicyclic) bond motifs is 3. The first-order chi connectivity index (χ1) is 19.0. The van der Waals surface area contributed by atoms with E-state index in [1.807, 2.05) is 42.5 Å². The molecule has 0 radical (unpaired) electrons. The molecule has 0 spiro atoms. The molecule has 0 saturated heterocycles. The first-order valence-electron chi connectivity index (χ1n) is 12.1. The summed E-state index contributed by atoms with van der Waals surface area (Å²) in [6.07, 6.45) is 1.53. The number of aromatic nitrogens is 2. The maximum atomic E-state index is 12.6. The van der Waals surface area contributed by atoms with Gasteiger partial charge in [0.15, 0.2) is 10.7 Å². The Hall–Kier alpha value is -4.77. The van der Waals surface area contributed by atoms with Crippen LogP contribution in [0.25, 0.3) is 15.2 Å². The van der Waals surface area contributed by atoms with E-state index in [0.717, 1.165) is 15.8 Å². The van der Waals surface area contributed by atoms with Gasteiger partial charge in [-0.25, -0.2) is 14.6 Å². The van der Waals surface area contributed by atoms with Crippen LogP contribution in [-0.4, -0.2) is 42.2 Å². The molecule has 0 unspecified atom stereocenters. The molecule has 5 rings (SSSR count). The van der Waals surface area contributed by atoms with E-state index in [0.29, 0.717) is 39.3 Å². The van der Waals surface area contributed by atoms with Crippen molar-refractivity contribution in [2.24, 2.45) is 0 Å². The highest BCUT2D eigenvalue weighted by Crippen LogP contribution is 2.33. The summed E-state index contributed by atoms with van der Waals surface area (Å²) in [5, 5.41) is 5.65. The van der Waals surface area contributed by atoms with Gasteiger partial charge in [-0.15, -0.1) is 0 Å². The molecule has 0 aliphatic carbocycles. The maximum Gasteiger partial charge on any atom is 0.357 e. The van der Waals surface area contributed by atoms with Gasteiger partial charge in [0, 0.05) is 42.1 Å². The summed E-state index contributed by atoms with van der Waals surface area (Å²) in [6.45, 7) is 2.29. The van der Waals surface area contributed by atoms with Crippen molar-refractivity contribution in [3.8, 4) is 23.0 Å². The standard InChI is InChI=1S/C28H26N4O6S/c1-4-37-26(33)23-16-30-28-32(23)22-10-9-19(14-25(22)39-28)38-24-8-6-5-7-17(24)15-29-27(34)31-18-11-20(35-2)13-21(12-18)36-3/h5-14,16H,4,15H2,1-3H3,(H2,29,31,34). The Morgan fingerprint density at radius 1 is 0.974 bits per heavy atom. The number of urea groups is 1. The lowest BCUT2D eigenvalue weighted by Gasteiger charge is -2.13. The number of carbonyl (C=O) groups excluding carboxylic acids is 2. The first kappa shape index (κ1) is 25.9. The minimum Gasteiger partial charge on any atom is -0.497 e. The molecular formula is C28H26N4O6S. The van der Waals surface area contributed by atoms with E-state index >= 15 is 0 Å². The van der Waals surface area contributed by atoms with Gasteiger partial charge in [0.2, 0.25) is 0 Å². The van der Waals surface area contributed by atoms with Gasteiger partial charge in [-0.1, -0.05) is 29.5 Å². The Kier molecular flexibility index (Phi) is 7.50. The highest BCUT2D eigenvalue weighted by molar-refractivity contribution is 7.23. The second-order valence-electron chi connectivity index (χ2n) is 8.33. The fraction of sp³-hybridized carbons (Fsp3) is 0.179. The topological polar surface area (TPSA) is 112 Å². The minimum absolute atomic E-state index is 0.237. The molecule has 2 aromatic heterocycles. The average Bonchev–Trinajstić information content (AvgIpc) is 3.51. The third-order valence-corrected chi connectivity index (χ3v) is 6.85. The molecule has 2 amide bonds. The molecule has 0 aliphatic heterocycles. The van der Waals surface area contributed by atoms with E-state index in [4.69, 9.17) is 18.9 Å². The number of hydrogen-bond acceptors (Lipinski definition) is 8. The highest BCUT2D eigenvalue weighted by Gasteiger charge is 2.18. The summed E-state index contributed by atoms with van der Waals surface area (Å²) in [6, 6.07) is 17.8. The van der Waals surface area contributed by atoms with Gasteiger partial charge in [0.25, 0.3) is 0 Å². The molecule has 39 heavy (non-hydrogen) atoms. The molecule has 0 saturated carbocycles. The van der Waals surface area contributed by atoms with Gasteiger partial charge in [0.1, 0.15) is 23.0 Å². The third-order valence-electron chi connectivity index (χ3n) is 5.84. The second kappa shape index (κ2) is 11.3. The Morgan fingerprint density at radius 3 is 2.49 bits per heavy atom. The zero-order valence-electron chi connectivity index (χ0n) is 21.5. The molecular weight excluding hydrogens is 520 g/mol. The van der Waals surface area contributed by atoms with Crippen LogP contribution in [0.5, 0.6) is 23.0 Å². The van der Waals surface area contributed by atoms with Crippen LogP contribution in [0.1, 0.15) is 23.0 Å². The SMILES string of the molecule is CCOC(=O)c1cnc2sc3cc(Oc4ccccc4CNC(=O)Nc4cc(OC)cc(OC)c4)ccc3n12. The van der Waals surface area contributed by atoms with Crippen LogP contribution in [0.2, 0.25) is 0 Å². The number of benzene rings is 3. The lowest BCUT2D eigenvalue weighted by Crippen LogP contribution is -2.28. The van der Waals surface area contributed by atoms with Crippen molar-refractivity contribution in [2.45, 2.75) is 13.5 Å². The molecule has 2 heterocycles. The smallest absolute Gasteiger partial charge is 0.357 e. The summed E-state index contributed by atoms with van der Waals surface area (Å²) < 4.78 is 24.6. The van der Waals surface area contributed by atoms with E-state index in [2.05, 4.69) is 15.6 Å². The normalized spacial score (nSPS) is 10.8. The van der Waals surface area contributed by atoms with Crippen LogP contribution in [-0.2, 0) is 11.3 Å². The fourth-order valence-electron chi connectivity index (χ4n) is 4.02. The van der Waals surface area contributed by atoms with Gasteiger partial charge in [0.05, 0.1) is 37.2 Å². The molecule has 0 fully saturated rings. The van der Waals surface area contributed by atoms with Crippen molar-refractivity contribution in [1.29, 1.82) is 0 Å². The number of ether oxygens (including phenoxy) is 4. The van der Waals surface area contributed by atoms with Crippen LogP contribution < -0.4 is 24.8 Å². The fourth-order valence-corrected chi connectivity index (χ4v) is 5.05. The quantitative estimate of drug-likeness (QED) is 0.223. The van der Waals surface area contributed by atoms with E-state index in [1.165, 1.54) is 17.5 Å². The van der Waals surface area contributed by atoms with Gasteiger partial charge in [-0.2, -0.15) is 0 Å². The van der Waals surface area contributed by atoms with Gasteiger partial charge in [-0.05, 0) is 25.1 Å². The van der Waals surface area contributed by atoms with Crippen molar-refractivity contribution in [2.75, 3.05) is 26.1 Å². The highest BCUT2D eigenvalue weighted by atomic mass is 32.1. The summed E-state index contributed by atoms with van der Waals surface area (Å²) >= 11 is 1.45. The lowest BCUT2D eigenvalue weighted by molar-refractivity contribution is 0.0518. The Labute approximate surface area is 228 Å². The molecule has 0 aliphatic rings. The van der Waals surface area contributed by atoms with Crippen molar-refractivity contribution in [1.82, 2.24) is 14.7 Å². The number of esters is 1. The minimum atomic E-state index is -0.416. The molecule has 200 valence electrons. The number of anilines is 1. The van der Waals surface area contributed by atoms with Gasteiger partial charge in [-0.3, -0.25) is 4.40 Å². The average molecular weight is 547 g/mol. The molecule has 5 aromatic rings. The van der Waals surface area contributed by atoms with E-state index in [-0.39, 0.29) is 19.2 Å². The van der Waals surface area contributed by atoms with Crippen LogP contribution in [0, 0.1) is 0 Å². The predicted octanol–water partition coefficient (Wildman–Crippen LogP) is 5.86. The van der Waals surface area contributed by atoms with Crippen molar-refractivity contribution < 1.29 is 28.5 Å². The molecule has 0 bridgehead atoms. The van der Waals surface area contributed by atoms with E-state index in [9.17, 15) is 9.59 Å². The monoisotopic (exact) mass is 546 g/mol. The van der Waals surface area contributed by atoms with Gasteiger partial charge < -0.3 is 29.6 Å². The number of thiazole rings is 1. The summed E-state index contributed by atoms with van der Waals surface area (Å²) in [5.74, 6) is 1.94. The number of methoxy groups -OCH3 is 2. The van der Waals surface area contributed by atoms with Gasteiger partial charge >= 0.3 is 12.0 Å². The molecule has 10 nitrogen and oxygen atoms in total. The number of imidazole rings is 1. The first-order valence-corrected chi connectivity index (χ1v) is 12.9. The van der Waals surface area contributed by atoms with Crippen LogP contribution in [0.15, 0.2) is 66.9 Å². The number of para-hydroxylation sites is 1. The third kappa shape index (κ3) is 5.58. The van der Waals surface area contributed by atoms with Crippen LogP contribution in [0.3, 0.4) is 0 Å². The largest absolute Gasteiger partial charge is 0.497 e. The van der Waals surface area contributed by atoms with Crippen LogP contribution in [0.4, 0.5) is 10.5 Å². The number of amides is 2. The Balaban J connectivity index is 1.30. The number of carbonyl (C=O) groups is 2. The maximum absolute atomic E-state index is 12.6. The van der Waals surface area contributed by atoms with E-state index < -0.39 is 5.97 Å². The molecule has 2 N–H and O–H groups in total. The zero-order chi connectivity index (χ0) is 27.4. The summed E-state index contributed by atoms with van der Waals surface area (Å²) in [4.78, 5) is 30.0. The summed E-state index contributed by atoms with van der Waals surface area (Å²) in [5.41, 5.74) is 2.55. The van der Waals surface area contributed by atoms with Crippen LogP contribution >= 0.6 is 11.3 Å². The van der Waals surface area contributed by atoms with E-state index in [1.54, 1.807) is 43.7 Å². The predicted molar refractivity (Wildman–Crippen MR) is 148 cm³/mol.